The van der Waals surface area contributed by atoms with E-state index in [1.54, 1.807) is 13.1 Å². The molecule has 1 unspecified atom stereocenters. The molecule has 1 saturated heterocycles. The predicted molar refractivity (Wildman–Crippen MR) is 52.7 cm³/mol. The van der Waals surface area contributed by atoms with E-state index < -0.39 is 11.9 Å². The third-order valence-corrected chi connectivity index (χ3v) is 2.64. The second-order valence-electron chi connectivity index (χ2n) is 3.36. The number of carbonyl (C=O) groups is 2. The smallest absolute Gasteiger partial charge is 0.321 e. The first-order valence-electron chi connectivity index (χ1n) is 4.40. The van der Waals surface area contributed by atoms with Crippen molar-refractivity contribution in [2.45, 2.75) is 12.8 Å². The number of cyclic esters (lactones) is 1. The zero-order chi connectivity index (χ0) is 11.0. The van der Waals surface area contributed by atoms with E-state index in [4.69, 9.17) is 11.6 Å². The molecule has 1 fully saturated rings. The molecule has 0 saturated carbocycles. The maximum atomic E-state index is 11.5. The van der Waals surface area contributed by atoms with Crippen LogP contribution in [0.3, 0.4) is 0 Å². The number of rotatable bonds is 1. The van der Waals surface area contributed by atoms with Gasteiger partial charge < -0.3 is 4.74 Å². The number of hydrogen-bond donors (Lipinski definition) is 0. The van der Waals surface area contributed by atoms with Crippen molar-refractivity contribution in [2.75, 3.05) is 6.61 Å². The Morgan fingerprint density at radius 2 is 2.20 bits per heavy atom. The normalized spacial score (nSPS) is 20.5. The molecule has 78 valence electrons. The van der Waals surface area contributed by atoms with Crippen LogP contribution in [0.1, 0.15) is 17.0 Å². The summed E-state index contributed by atoms with van der Waals surface area (Å²) in [6.45, 7) is 1.59. The summed E-state index contributed by atoms with van der Waals surface area (Å²) in [4.78, 5) is 26.7. The Morgan fingerprint density at radius 1 is 1.47 bits per heavy atom. The Morgan fingerprint density at radius 3 is 2.73 bits per heavy atom. The molecule has 5 heteroatoms. The first kappa shape index (κ1) is 10.1. The van der Waals surface area contributed by atoms with E-state index in [0.717, 1.165) is 5.56 Å². The molecule has 1 atom stereocenters. The van der Waals surface area contributed by atoms with Gasteiger partial charge in [-0.05, 0) is 18.1 Å². The summed E-state index contributed by atoms with van der Waals surface area (Å²) in [6, 6.07) is 0. The van der Waals surface area contributed by atoms with Gasteiger partial charge in [0.25, 0.3) is 0 Å². The zero-order valence-electron chi connectivity index (χ0n) is 7.99. The molecule has 1 aliphatic heterocycles. The molecule has 1 aromatic rings. The highest BCUT2D eigenvalue weighted by Gasteiger charge is 2.38. The van der Waals surface area contributed by atoms with Gasteiger partial charge in [0.05, 0.1) is 5.02 Å². The number of aromatic nitrogens is 1. The van der Waals surface area contributed by atoms with E-state index in [-0.39, 0.29) is 12.4 Å². The van der Waals surface area contributed by atoms with Gasteiger partial charge in [-0.1, -0.05) is 11.6 Å². The van der Waals surface area contributed by atoms with Crippen molar-refractivity contribution in [1.82, 2.24) is 4.98 Å². The van der Waals surface area contributed by atoms with Crippen molar-refractivity contribution in [3.8, 4) is 0 Å². The van der Waals surface area contributed by atoms with Gasteiger partial charge in [-0.15, -0.1) is 0 Å². The van der Waals surface area contributed by atoms with Gasteiger partial charge in [0.15, 0.2) is 12.4 Å². The van der Waals surface area contributed by atoms with Gasteiger partial charge in [-0.2, -0.15) is 0 Å². The lowest BCUT2D eigenvalue weighted by Gasteiger charge is -2.09. The van der Waals surface area contributed by atoms with E-state index >= 15 is 0 Å². The van der Waals surface area contributed by atoms with Crippen molar-refractivity contribution in [1.29, 1.82) is 0 Å². The van der Waals surface area contributed by atoms with Crippen molar-refractivity contribution in [2.24, 2.45) is 0 Å². The summed E-state index contributed by atoms with van der Waals surface area (Å²) in [5.74, 6) is -1.66. The minimum atomic E-state index is -0.875. The number of hydrogen-bond acceptors (Lipinski definition) is 4. The van der Waals surface area contributed by atoms with Crippen LogP contribution in [-0.2, 0) is 14.3 Å². The molecule has 0 N–H and O–H groups in total. The fraction of sp³-hybridized carbons (Fsp3) is 0.300. The zero-order valence-corrected chi connectivity index (χ0v) is 8.75. The van der Waals surface area contributed by atoms with Gasteiger partial charge in [0, 0.05) is 12.4 Å². The van der Waals surface area contributed by atoms with Crippen LogP contribution < -0.4 is 0 Å². The van der Waals surface area contributed by atoms with Crippen LogP contribution in [0.25, 0.3) is 0 Å². The molecule has 0 aromatic carbocycles. The molecule has 0 aliphatic carbocycles. The van der Waals surface area contributed by atoms with Gasteiger partial charge in [0.1, 0.15) is 5.92 Å². The monoisotopic (exact) mass is 225 g/mol. The van der Waals surface area contributed by atoms with Crippen LogP contribution in [0.4, 0.5) is 0 Å². The molecule has 0 amide bonds. The number of pyridine rings is 1. The van der Waals surface area contributed by atoms with Crippen molar-refractivity contribution >= 4 is 23.4 Å². The van der Waals surface area contributed by atoms with Gasteiger partial charge >= 0.3 is 5.97 Å². The Balaban J connectivity index is 2.53. The quantitative estimate of drug-likeness (QED) is 0.533. The maximum absolute atomic E-state index is 11.5. The first-order valence-corrected chi connectivity index (χ1v) is 4.78. The lowest BCUT2D eigenvalue weighted by atomic mass is 9.94. The molecule has 1 aromatic heterocycles. The van der Waals surface area contributed by atoms with Crippen LogP contribution in [0.5, 0.6) is 0 Å². The van der Waals surface area contributed by atoms with E-state index in [0.29, 0.717) is 10.6 Å². The number of ketones is 1. The third kappa shape index (κ3) is 1.61. The lowest BCUT2D eigenvalue weighted by Crippen LogP contribution is -2.15. The number of aryl methyl sites for hydroxylation is 1. The topological polar surface area (TPSA) is 56.3 Å². The van der Waals surface area contributed by atoms with Gasteiger partial charge in [0.2, 0.25) is 0 Å². The number of esters is 1. The Labute approximate surface area is 91.2 Å². The minimum absolute atomic E-state index is 0.165. The van der Waals surface area contributed by atoms with Crippen LogP contribution in [0.2, 0.25) is 5.02 Å². The van der Waals surface area contributed by atoms with E-state index in [1.807, 2.05) is 0 Å². The molecule has 1 aliphatic rings. The van der Waals surface area contributed by atoms with Crippen molar-refractivity contribution in [3.63, 3.8) is 0 Å². The fourth-order valence-electron chi connectivity index (χ4n) is 1.63. The van der Waals surface area contributed by atoms with Crippen molar-refractivity contribution in [3.05, 3.63) is 28.5 Å². The number of halogens is 1. The summed E-state index contributed by atoms with van der Waals surface area (Å²) in [5, 5.41) is 0.326. The van der Waals surface area contributed by atoms with Crippen LogP contribution in [0, 0.1) is 6.92 Å². The molecule has 0 spiro atoms. The highest BCUT2D eigenvalue weighted by molar-refractivity contribution is 6.32. The lowest BCUT2D eigenvalue weighted by molar-refractivity contribution is -0.139. The Bertz CT molecular complexity index is 408. The minimum Gasteiger partial charge on any atom is -0.457 e. The standard InChI is InChI=1S/C10H8ClNO3/c1-5-2-12-3-6(11)8(5)9-7(13)4-15-10(9)14/h2-3,9H,4H2,1H3. The number of nitrogens with zero attached hydrogens (tertiary/aromatic N) is 1. The molecule has 2 heterocycles. The second kappa shape index (κ2) is 3.62. The molecular formula is C10H8ClNO3. The summed E-state index contributed by atoms with van der Waals surface area (Å²) in [6.07, 6.45) is 2.99. The second-order valence-corrected chi connectivity index (χ2v) is 3.77. The van der Waals surface area contributed by atoms with E-state index in [9.17, 15) is 9.59 Å². The van der Waals surface area contributed by atoms with Gasteiger partial charge in [-0.25, -0.2) is 0 Å². The average molecular weight is 226 g/mol. The van der Waals surface area contributed by atoms with E-state index in [2.05, 4.69) is 9.72 Å². The highest BCUT2D eigenvalue weighted by atomic mass is 35.5. The van der Waals surface area contributed by atoms with E-state index in [1.165, 1.54) is 6.20 Å². The number of ether oxygens (including phenoxy) is 1. The maximum Gasteiger partial charge on any atom is 0.321 e. The molecule has 0 bridgehead atoms. The van der Waals surface area contributed by atoms with Crippen molar-refractivity contribution < 1.29 is 14.3 Å². The molecule has 4 nitrogen and oxygen atoms in total. The third-order valence-electron chi connectivity index (χ3n) is 2.34. The first-order chi connectivity index (χ1) is 7.11. The van der Waals surface area contributed by atoms with Crippen LogP contribution >= 0.6 is 11.6 Å². The molecule has 0 radical (unpaired) electrons. The van der Waals surface area contributed by atoms with Crippen LogP contribution in [0.15, 0.2) is 12.4 Å². The number of carbonyl (C=O) groups excluding carboxylic acids is 2. The Hall–Kier alpha value is -1.42. The summed E-state index contributed by atoms with van der Waals surface area (Å²) < 4.78 is 4.67. The largest absolute Gasteiger partial charge is 0.457 e. The summed E-state index contributed by atoms with van der Waals surface area (Å²) in [5.41, 5.74) is 1.24. The molecule has 15 heavy (non-hydrogen) atoms. The predicted octanol–water partition coefficient (Wildman–Crippen LogP) is 1.25. The molecule has 2 rings (SSSR count). The molecular weight excluding hydrogens is 218 g/mol. The summed E-state index contributed by atoms with van der Waals surface area (Å²) in [7, 11) is 0. The van der Waals surface area contributed by atoms with Gasteiger partial charge in [-0.3, -0.25) is 14.6 Å². The average Bonchev–Trinajstić information content (AvgIpc) is 2.49. The van der Waals surface area contributed by atoms with Crippen LogP contribution in [-0.4, -0.2) is 23.3 Å². The Kier molecular flexibility index (Phi) is 2.44. The number of Topliss-reactive ketones (excluding diaryl/α,β-unsaturated/α-hetero) is 1. The fourth-order valence-corrected chi connectivity index (χ4v) is 1.94. The summed E-state index contributed by atoms with van der Waals surface area (Å²) >= 11 is 5.92. The highest BCUT2D eigenvalue weighted by Crippen LogP contribution is 2.31. The SMILES string of the molecule is Cc1cncc(Cl)c1C1C(=O)COC1=O.